The number of benzene rings is 11. The van der Waals surface area contributed by atoms with E-state index in [-0.39, 0.29) is 0 Å². The highest BCUT2D eigenvalue weighted by atomic mass is 15.1. The highest BCUT2D eigenvalue weighted by molar-refractivity contribution is 6.08. The van der Waals surface area contributed by atoms with Gasteiger partial charge in [0.15, 0.2) is 0 Å². The second-order valence-corrected chi connectivity index (χ2v) is 16.9. The van der Waals surface area contributed by atoms with Crippen LogP contribution in [0.4, 0.5) is 17.1 Å². The van der Waals surface area contributed by atoms with Crippen molar-refractivity contribution in [2.24, 2.45) is 0 Å². The Bertz CT molecular complexity index is 3420. The molecule has 0 saturated carbocycles. The summed E-state index contributed by atoms with van der Waals surface area (Å²) in [5, 5.41) is 5.08. The minimum absolute atomic E-state index is 0.505. The molecule has 12 rings (SSSR count). The van der Waals surface area contributed by atoms with Gasteiger partial charge in [0.25, 0.3) is 0 Å². The summed E-state index contributed by atoms with van der Waals surface area (Å²) in [6.07, 6.45) is 0. The van der Waals surface area contributed by atoms with Crippen LogP contribution in [-0.2, 0) is 5.41 Å². The van der Waals surface area contributed by atoms with Crippen LogP contribution in [-0.4, -0.2) is 0 Å². The van der Waals surface area contributed by atoms with Crippen LogP contribution >= 0.6 is 0 Å². The first-order chi connectivity index (χ1) is 31.7. The van der Waals surface area contributed by atoms with Gasteiger partial charge in [0.05, 0.1) is 5.41 Å². The first-order valence-corrected chi connectivity index (χ1v) is 22.2. The summed E-state index contributed by atoms with van der Waals surface area (Å²) in [5.74, 6) is 0. The fourth-order valence-corrected chi connectivity index (χ4v) is 10.3. The molecule has 0 aromatic heterocycles. The van der Waals surface area contributed by atoms with Crippen LogP contribution in [0.25, 0.3) is 66.1 Å². The molecule has 0 amide bonds. The SMILES string of the molecule is c1ccc(-c2cccc(-c3ccc(N(c4ccc(-c5ccc6c(ccc7ccccc76)c5)cc4)c4ccc5c(c4)C(c4ccccc4)(c4ccccc4)c4ccccc4-5)cc3)c2)cc1. The van der Waals surface area contributed by atoms with Gasteiger partial charge in [0.1, 0.15) is 0 Å². The van der Waals surface area contributed by atoms with Crippen LogP contribution in [0.15, 0.2) is 261 Å². The normalized spacial score (nSPS) is 12.5. The molecule has 11 aromatic carbocycles. The van der Waals surface area contributed by atoms with E-state index in [1.54, 1.807) is 0 Å². The van der Waals surface area contributed by atoms with Crippen molar-refractivity contribution in [1.82, 2.24) is 0 Å². The highest BCUT2D eigenvalue weighted by Crippen LogP contribution is 2.57. The van der Waals surface area contributed by atoms with Crippen LogP contribution < -0.4 is 4.90 Å². The smallest absolute Gasteiger partial charge is 0.0714 e. The lowest BCUT2D eigenvalue weighted by molar-refractivity contribution is 0.768. The van der Waals surface area contributed by atoms with Gasteiger partial charge in [-0.2, -0.15) is 0 Å². The van der Waals surface area contributed by atoms with Crippen molar-refractivity contribution in [2.75, 3.05) is 4.90 Å². The van der Waals surface area contributed by atoms with Gasteiger partial charge in [0, 0.05) is 17.1 Å². The molecular formula is C63H43N. The Hall–Kier alpha value is -8.26. The topological polar surface area (TPSA) is 3.24 Å². The lowest BCUT2D eigenvalue weighted by atomic mass is 9.67. The third kappa shape index (κ3) is 6.24. The fraction of sp³-hybridized carbons (Fsp3) is 0.0159. The van der Waals surface area contributed by atoms with E-state index >= 15 is 0 Å². The van der Waals surface area contributed by atoms with Gasteiger partial charge in [-0.25, -0.2) is 0 Å². The molecule has 0 N–H and O–H groups in total. The number of hydrogen-bond acceptors (Lipinski definition) is 1. The Morgan fingerprint density at radius 2 is 0.719 bits per heavy atom. The van der Waals surface area contributed by atoms with Crippen LogP contribution in [0.2, 0.25) is 0 Å². The summed E-state index contributed by atoms with van der Waals surface area (Å²) in [6.45, 7) is 0. The standard InChI is InChI=1S/C63H43N/c1-4-15-44(16-5-1)48-18-14-19-49(41-48)45-29-34-54(35-30-45)64(55-36-31-46(32-37-55)50-33-39-58-51(42-50)28-27-47-17-10-11-24-57(47)58)56-38-40-60-59-25-12-13-26-61(59)63(62(60)43-56,52-20-6-2-7-21-52)53-22-8-3-9-23-53/h1-43H. The molecule has 64 heavy (non-hydrogen) atoms. The number of nitrogens with zero attached hydrogens (tertiary/aromatic N) is 1. The molecule has 0 bridgehead atoms. The molecule has 300 valence electrons. The van der Waals surface area contributed by atoms with Crippen LogP contribution in [0.5, 0.6) is 0 Å². The van der Waals surface area contributed by atoms with Gasteiger partial charge in [-0.05, 0) is 137 Å². The monoisotopic (exact) mass is 813 g/mol. The minimum Gasteiger partial charge on any atom is -0.310 e. The van der Waals surface area contributed by atoms with Crippen LogP contribution in [0, 0.1) is 0 Å². The van der Waals surface area contributed by atoms with Gasteiger partial charge >= 0.3 is 0 Å². The number of hydrogen-bond donors (Lipinski definition) is 0. The molecule has 0 atom stereocenters. The van der Waals surface area contributed by atoms with E-state index in [2.05, 4.69) is 266 Å². The maximum absolute atomic E-state index is 2.45. The quantitative estimate of drug-likeness (QED) is 0.138. The summed E-state index contributed by atoms with van der Waals surface area (Å²) in [7, 11) is 0. The first-order valence-electron chi connectivity index (χ1n) is 22.2. The van der Waals surface area contributed by atoms with E-state index < -0.39 is 5.41 Å². The zero-order chi connectivity index (χ0) is 42.5. The highest BCUT2D eigenvalue weighted by Gasteiger charge is 2.46. The van der Waals surface area contributed by atoms with Crippen molar-refractivity contribution in [1.29, 1.82) is 0 Å². The zero-order valence-corrected chi connectivity index (χ0v) is 35.3. The van der Waals surface area contributed by atoms with Crippen molar-refractivity contribution < 1.29 is 0 Å². The molecule has 1 heteroatoms. The molecule has 0 spiro atoms. The Morgan fingerprint density at radius 3 is 1.39 bits per heavy atom. The van der Waals surface area contributed by atoms with Crippen molar-refractivity contribution in [3.8, 4) is 44.5 Å². The molecule has 0 saturated heterocycles. The summed E-state index contributed by atoms with van der Waals surface area (Å²) in [6, 6.07) is 95.8. The lowest BCUT2D eigenvalue weighted by Gasteiger charge is -2.35. The summed E-state index contributed by atoms with van der Waals surface area (Å²) < 4.78 is 0. The number of fused-ring (bicyclic) bond motifs is 6. The summed E-state index contributed by atoms with van der Waals surface area (Å²) >= 11 is 0. The largest absolute Gasteiger partial charge is 0.310 e. The van der Waals surface area contributed by atoms with E-state index in [4.69, 9.17) is 0 Å². The van der Waals surface area contributed by atoms with E-state index in [1.165, 1.54) is 88.3 Å². The average molecular weight is 814 g/mol. The number of rotatable bonds is 8. The van der Waals surface area contributed by atoms with Crippen molar-refractivity contribution in [3.05, 3.63) is 283 Å². The third-order valence-electron chi connectivity index (χ3n) is 13.3. The second-order valence-electron chi connectivity index (χ2n) is 16.9. The maximum Gasteiger partial charge on any atom is 0.0714 e. The summed E-state index contributed by atoms with van der Waals surface area (Å²) in [5.41, 5.74) is 17.6. The maximum atomic E-state index is 2.45. The molecule has 0 heterocycles. The molecule has 11 aromatic rings. The first kappa shape index (κ1) is 37.5. The van der Waals surface area contributed by atoms with E-state index in [1.807, 2.05) is 0 Å². The Labute approximate surface area is 374 Å². The van der Waals surface area contributed by atoms with Crippen LogP contribution in [0.1, 0.15) is 22.3 Å². The predicted octanol–water partition coefficient (Wildman–Crippen LogP) is 16.8. The predicted molar refractivity (Wildman–Crippen MR) is 270 cm³/mol. The van der Waals surface area contributed by atoms with Crippen molar-refractivity contribution in [3.63, 3.8) is 0 Å². The molecular weight excluding hydrogens is 771 g/mol. The van der Waals surface area contributed by atoms with Crippen LogP contribution in [0.3, 0.4) is 0 Å². The molecule has 0 radical (unpaired) electrons. The minimum atomic E-state index is -0.505. The van der Waals surface area contributed by atoms with Gasteiger partial charge in [-0.1, -0.05) is 212 Å². The Morgan fingerprint density at radius 1 is 0.250 bits per heavy atom. The van der Waals surface area contributed by atoms with Gasteiger partial charge < -0.3 is 4.90 Å². The van der Waals surface area contributed by atoms with Gasteiger partial charge in [-0.3, -0.25) is 0 Å². The third-order valence-corrected chi connectivity index (χ3v) is 13.3. The Balaban J connectivity index is 1.00. The van der Waals surface area contributed by atoms with E-state index in [0.29, 0.717) is 0 Å². The summed E-state index contributed by atoms with van der Waals surface area (Å²) in [4.78, 5) is 2.42. The zero-order valence-electron chi connectivity index (χ0n) is 35.3. The molecule has 1 aliphatic carbocycles. The fourth-order valence-electron chi connectivity index (χ4n) is 10.3. The lowest BCUT2D eigenvalue weighted by Crippen LogP contribution is -2.28. The number of anilines is 3. The molecule has 1 aliphatic rings. The van der Waals surface area contributed by atoms with Crippen molar-refractivity contribution >= 4 is 38.6 Å². The molecule has 0 unspecified atom stereocenters. The van der Waals surface area contributed by atoms with Gasteiger partial charge in [0.2, 0.25) is 0 Å². The average Bonchev–Trinajstić information content (AvgIpc) is 3.68. The molecule has 0 aliphatic heterocycles. The van der Waals surface area contributed by atoms with Gasteiger partial charge in [-0.15, -0.1) is 0 Å². The molecule has 1 nitrogen and oxygen atoms in total. The van der Waals surface area contributed by atoms with E-state index in [9.17, 15) is 0 Å². The Kier molecular flexibility index (Phi) is 9.13. The molecule has 0 fully saturated rings. The second kappa shape index (κ2) is 15.6. The van der Waals surface area contributed by atoms with E-state index in [0.717, 1.165) is 17.1 Å². The van der Waals surface area contributed by atoms with Crippen molar-refractivity contribution in [2.45, 2.75) is 5.41 Å².